The summed E-state index contributed by atoms with van der Waals surface area (Å²) in [5.41, 5.74) is 0.866. The third kappa shape index (κ3) is 9.63. The van der Waals surface area contributed by atoms with Crippen molar-refractivity contribution in [2.24, 2.45) is 0 Å². The lowest BCUT2D eigenvalue weighted by atomic mass is 9.95. The molecular weight excluding hydrogens is 400 g/mol. The summed E-state index contributed by atoms with van der Waals surface area (Å²) in [6.07, 6.45) is 7.14. The molecular formula is C23H32N2O6. The average molecular weight is 433 g/mol. The number of amides is 2. The maximum absolute atomic E-state index is 12.0. The predicted octanol–water partition coefficient (Wildman–Crippen LogP) is 3.35. The van der Waals surface area contributed by atoms with Gasteiger partial charge in [-0.2, -0.15) is 0 Å². The van der Waals surface area contributed by atoms with Gasteiger partial charge in [0.2, 0.25) is 5.91 Å². The summed E-state index contributed by atoms with van der Waals surface area (Å²) >= 11 is 0. The van der Waals surface area contributed by atoms with Crippen molar-refractivity contribution in [2.75, 3.05) is 18.5 Å². The summed E-state index contributed by atoms with van der Waals surface area (Å²) in [7, 11) is 0. The van der Waals surface area contributed by atoms with Crippen LogP contribution in [0.2, 0.25) is 0 Å². The third-order valence-electron chi connectivity index (χ3n) is 5.03. The lowest BCUT2D eigenvalue weighted by molar-refractivity contribution is -0.148. The van der Waals surface area contributed by atoms with Gasteiger partial charge in [0, 0.05) is 18.2 Å². The average Bonchev–Trinajstić information content (AvgIpc) is 2.77. The Hall–Kier alpha value is -2.90. The second-order valence-corrected chi connectivity index (χ2v) is 7.68. The van der Waals surface area contributed by atoms with E-state index in [9.17, 15) is 19.2 Å². The van der Waals surface area contributed by atoms with Gasteiger partial charge in [-0.15, -0.1) is 0 Å². The number of rotatable bonds is 11. The van der Waals surface area contributed by atoms with Crippen molar-refractivity contribution >= 4 is 29.4 Å². The van der Waals surface area contributed by atoms with E-state index in [1.807, 2.05) is 6.92 Å². The second kappa shape index (κ2) is 13.4. The van der Waals surface area contributed by atoms with Crippen molar-refractivity contribution in [2.45, 2.75) is 70.8 Å². The van der Waals surface area contributed by atoms with E-state index in [-0.39, 0.29) is 24.8 Å². The number of nitrogens with one attached hydrogen (secondary N) is 2. The fraction of sp³-hybridized carbons (Fsp3) is 0.565. The van der Waals surface area contributed by atoms with Crippen molar-refractivity contribution in [3.8, 4) is 0 Å². The van der Waals surface area contributed by atoms with Crippen LogP contribution in [0.5, 0.6) is 0 Å². The number of anilines is 1. The van der Waals surface area contributed by atoms with E-state index in [4.69, 9.17) is 9.47 Å². The Kier molecular flexibility index (Phi) is 10.5. The van der Waals surface area contributed by atoms with Crippen molar-refractivity contribution in [3.05, 3.63) is 29.8 Å². The first-order valence-corrected chi connectivity index (χ1v) is 11.0. The predicted molar refractivity (Wildman–Crippen MR) is 115 cm³/mol. The van der Waals surface area contributed by atoms with Gasteiger partial charge in [0.15, 0.2) is 6.61 Å². The van der Waals surface area contributed by atoms with Gasteiger partial charge in [-0.3, -0.25) is 14.4 Å². The molecule has 0 aromatic heterocycles. The van der Waals surface area contributed by atoms with Crippen LogP contribution < -0.4 is 10.6 Å². The molecule has 0 spiro atoms. The minimum atomic E-state index is -0.598. The summed E-state index contributed by atoms with van der Waals surface area (Å²) < 4.78 is 10.1. The molecule has 0 atom stereocenters. The van der Waals surface area contributed by atoms with E-state index in [0.29, 0.717) is 17.9 Å². The second-order valence-electron chi connectivity index (χ2n) is 7.68. The molecule has 8 nitrogen and oxygen atoms in total. The zero-order valence-electron chi connectivity index (χ0n) is 18.1. The SMILES string of the molecule is CCCCOC(=O)c1ccc(NC(=O)COC(=O)CCC(=O)NC2CCCCC2)cc1. The summed E-state index contributed by atoms with van der Waals surface area (Å²) in [4.78, 5) is 47.5. The largest absolute Gasteiger partial charge is 0.462 e. The smallest absolute Gasteiger partial charge is 0.338 e. The highest BCUT2D eigenvalue weighted by Gasteiger charge is 2.17. The van der Waals surface area contributed by atoms with Crippen molar-refractivity contribution < 1.29 is 28.7 Å². The minimum Gasteiger partial charge on any atom is -0.462 e. The molecule has 0 aliphatic heterocycles. The first-order chi connectivity index (χ1) is 15.0. The molecule has 1 aromatic carbocycles. The first kappa shape index (κ1) is 24.4. The topological polar surface area (TPSA) is 111 Å². The fourth-order valence-corrected chi connectivity index (χ4v) is 3.26. The Labute approximate surface area is 183 Å². The molecule has 1 aliphatic carbocycles. The summed E-state index contributed by atoms with van der Waals surface area (Å²) in [6.45, 7) is 1.95. The molecule has 1 saturated carbocycles. The number of unbranched alkanes of at least 4 members (excludes halogenated alkanes) is 1. The maximum Gasteiger partial charge on any atom is 0.338 e. The summed E-state index contributed by atoms with van der Waals surface area (Å²) in [6, 6.07) is 6.46. The van der Waals surface area contributed by atoms with E-state index >= 15 is 0 Å². The van der Waals surface area contributed by atoms with Crippen LogP contribution in [0.1, 0.15) is 75.1 Å². The van der Waals surface area contributed by atoms with Crippen LogP contribution in [0.15, 0.2) is 24.3 Å². The molecule has 1 aliphatic rings. The van der Waals surface area contributed by atoms with Crippen LogP contribution in [-0.4, -0.2) is 43.0 Å². The molecule has 2 rings (SSSR count). The van der Waals surface area contributed by atoms with Gasteiger partial charge in [-0.25, -0.2) is 4.79 Å². The number of hydrogen-bond donors (Lipinski definition) is 2. The highest BCUT2D eigenvalue weighted by molar-refractivity contribution is 5.94. The van der Waals surface area contributed by atoms with E-state index in [2.05, 4.69) is 10.6 Å². The molecule has 0 bridgehead atoms. The van der Waals surface area contributed by atoms with Gasteiger partial charge in [0.25, 0.3) is 5.91 Å². The number of ether oxygens (including phenoxy) is 2. The van der Waals surface area contributed by atoms with E-state index in [0.717, 1.165) is 38.5 Å². The molecule has 2 amide bonds. The van der Waals surface area contributed by atoms with E-state index in [1.165, 1.54) is 6.42 Å². The normalized spacial score (nSPS) is 13.8. The lowest BCUT2D eigenvalue weighted by Gasteiger charge is -2.22. The molecule has 170 valence electrons. The molecule has 2 N–H and O–H groups in total. The van der Waals surface area contributed by atoms with E-state index < -0.39 is 24.5 Å². The Morgan fingerprint density at radius 2 is 1.65 bits per heavy atom. The Bertz CT molecular complexity index is 741. The number of carbonyl (C=O) groups is 4. The van der Waals surface area contributed by atoms with Gasteiger partial charge in [0.05, 0.1) is 18.6 Å². The minimum absolute atomic E-state index is 0.0484. The van der Waals surface area contributed by atoms with Crippen molar-refractivity contribution in [3.63, 3.8) is 0 Å². The van der Waals surface area contributed by atoms with Crippen molar-refractivity contribution in [1.82, 2.24) is 5.32 Å². The summed E-state index contributed by atoms with van der Waals surface area (Å²) in [5.74, 6) is -1.67. The maximum atomic E-state index is 12.0. The zero-order valence-corrected chi connectivity index (χ0v) is 18.1. The Morgan fingerprint density at radius 1 is 0.935 bits per heavy atom. The van der Waals surface area contributed by atoms with Crippen LogP contribution in [0.25, 0.3) is 0 Å². The standard InChI is InChI=1S/C23H32N2O6/c1-2-3-15-30-23(29)17-9-11-19(12-10-17)25-21(27)16-31-22(28)14-13-20(26)24-18-7-5-4-6-8-18/h9-12,18H,2-8,13-16H2,1H3,(H,24,26)(H,25,27). The van der Waals surface area contributed by atoms with Crippen LogP contribution in [-0.2, 0) is 23.9 Å². The summed E-state index contributed by atoms with van der Waals surface area (Å²) in [5, 5.41) is 5.53. The van der Waals surface area contributed by atoms with Gasteiger partial charge >= 0.3 is 11.9 Å². The molecule has 31 heavy (non-hydrogen) atoms. The van der Waals surface area contributed by atoms with Crippen LogP contribution in [0.4, 0.5) is 5.69 Å². The monoisotopic (exact) mass is 432 g/mol. The zero-order chi connectivity index (χ0) is 22.5. The van der Waals surface area contributed by atoms with E-state index in [1.54, 1.807) is 24.3 Å². The molecule has 0 radical (unpaired) electrons. The number of carbonyl (C=O) groups excluding carboxylic acids is 4. The fourth-order valence-electron chi connectivity index (χ4n) is 3.26. The van der Waals surface area contributed by atoms with Gasteiger partial charge in [-0.1, -0.05) is 32.6 Å². The number of benzene rings is 1. The van der Waals surface area contributed by atoms with Crippen LogP contribution in [0.3, 0.4) is 0 Å². The quantitative estimate of drug-likeness (QED) is 0.410. The number of hydrogen-bond acceptors (Lipinski definition) is 6. The number of esters is 2. The molecule has 0 saturated heterocycles. The molecule has 8 heteroatoms. The highest BCUT2D eigenvalue weighted by Crippen LogP contribution is 2.17. The van der Waals surface area contributed by atoms with Crippen LogP contribution >= 0.6 is 0 Å². The Balaban J connectivity index is 1.63. The van der Waals surface area contributed by atoms with Gasteiger partial charge in [-0.05, 0) is 43.5 Å². The lowest BCUT2D eigenvalue weighted by Crippen LogP contribution is -2.36. The third-order valence-corrected chi connectivity index (χ3v) is 5.03. The molecule has 1 aromatic rings. The van der Waals surface area contributed by atoms with Crippen LogP contribution in [0, 0.1) is 0 Å². The van der Waals surface area contributed by atoms with Crippen molar-refractivity contribution in [1.29, 1.82) is 0 Å². The molecule has 0 unspecified atom stereocenters. The van der Waals surface area contributed by atoms with Gasteiger partial charge < -0.3 is 20.1 Å². The Morgan fingerprint density at radius 3 is 2.32 bits per heavy atom. The molecule has 0 heterocycles. The molecule has 1 fully saturated rings. The van der Waals surface area contributed by atoms with Gasteiger partial charge in [0.1, 0.15) is 0 Å². The highest BCUT2D eigenvalue weighted by atomic mass is 16.5. The first-order valence-electron chi connectivity index (χ1n) is 11.0.